The molecule has 2 aromatic carbocycles. The highest BCUT2D eigenvalue weighted by molar-refractivity contribution is 7.09. The highest BCUT2D eigenvalue weighted by Crippen LogP contribution is 2.44. The first kappa shape index (κ1) is 26.7. The summed E-state index contributed by atoms with van der Waals surface area (Å²) < 4.78 is 11.4. The summed E-state index contributed by atoms with van der Waals surface area (Å²) in [6, 6.07) is 19.3. The van der Waals surface area contributed by atoms with Gasteiger partial charge in [-0.05, 0) is 54.5 Å². The molecule has 39 heavy (non-hydrogen) atoms. The van der Waals surface area contributed by atoms with Crippen LogP contribution in [-0.4, -0.2) is 65.8 Å². The molecule has 204 valence electrons. The molecule has 1 fully saturated rings. The van der Waals surface area contributed by atoms with Crippen molar-refractivity contribution in [3.8, 4) is 11.1 Å². The van der Waals surface area contributed by atoms with E-state index in [4.69, 9.17) is 9.47 Å². The van der Waals surface area contributed by atoms with Crippen molar-refractivity contribution in [2.45, 2.75) is 44.9 Å². The third-order valence-electron chi connectivity index (χ3n) is 6.92. The number of nitrogens with zero attached hydrogens (tertiary/aromatic N) is 2. The van der Waals surface area contributed by atoms with Crippen LogP contribution in [-0.2, 0) is 20.8 Å². The molecule has 9 heteroatoms. The standard InChI is InChI=1S/C30H33N3O5S/c1-30(2,3)38-29(36)33-15-14-32(18-26(33)27(34)31-17-20-9-8-16-39-20)28(35)37-19-25-23-12-6-4-10-21(23)22-11-5-7-13-24(22)25/h4-13,16,25-26H,14-15,17-19H2,1-3H3,(H,31,34)/t26-/m0/s1. The van der Waals surface area contributed by atoms with Gasteiger partial charge in [0.15, 0.2) is 0 Å². The fourth-order valence-corrected chi connectivity index (χ4v) is 5.75. The topological polar surface area (TPSA) is 88.2 Å². The molecule has 1 aliphatic carbocycles. The summed E-state index contributed by atoms with van der Waals surface area (Å²) in [4.78, 5) is 43.4. The summed E-state index contributed by atoms with van der Waals surface area (Å²) >= 11 is 1.54. The van der Waals surface area contributed by atoms with E-state index in [0.29, 0.717) is 6.54 Å². The smallest absolute Gasteiger partial charge is 0.411 e. The Hall–Kier alpha value is -3.85. The number of carbonyl (C=O) groups is 3. The zero-order valence-electron chi connectivity index (χ0n) is 22.4. The number of fused-ring (bicyclic) bond motifs is 3. The van der Waals surface area contributed by atoms with E-state index in [2.05, 4.69) is 29.6 Å². The maximum absolute atomic E-state index is 13.2. The normalized spacial score (nSPS) is 16.8. The number of benzene rings is 2. The fourth-order valence-electron chi connectivity index (χ4n) is 5.10. The number of carbonyl (C=O) groups excluding carboxylic acids is 3. The number of nitrogens with one attached hydrogen (secondary N) is 1. The lowest BCUT2D eigenvalue weighted by Crippen LogP contribution is -2.62. The number of hydrogen-bond donors (Lipinski definition) is 1. The van der Waals surface area contributed by atoms with Crippen LogP contribution >= 0.6 is 11.3 Å². The molecule has 0 unspecified atom stereocenters. The zero-order valence-corrected chi connectivity index (χ0v) is 23.2. The van der Waals surface area contributed by atoms with Crippen LogP contribution in [0.4, 0.5) is 9.59 Å². The van der Waals surface area contributed by atoms with E-state index in [-0.39, 0.29) is 38.1 Å². The Morgan fingerprint density at radius 3 is 2.21 bits per heavy atom. The summed E-state index contributed by atoms with van der Waals surface area (Å²) in [5, 5.41) is 4.84. The van der Waals surface area contributed by atoms with Crippen LogP contribution in [0.25, 0.3) is 11.1 Å². The third kappa shape index (κ3) is 5.93. The Morgan fingerprint density at radius 2 is 1.59 bits per heavy atom. The van der Waals surface area contributed by atoms with Gasteiger partial charge < -0.3 is 19.7 Å². The molecule has 1 atom stereocenters. The van der Waals surface area contributed by atoms with Gasteiger partial charge in [0.05, 0.1) is 13.1 Å². The highest BCUT2D eigenvalue weighted by Gasteiger charge is 2.40. The Morgan fingerprint density at radius 1 is 0.923 bits per heavy atom. The molecule has 0 spiro atoms. The summed E-state index contributed by atoms with van der Waals surface area (Å²) in [5.41, 5.74) is 3.86. The first-order valence-electron chi connectivity index (χ1n) is 13.1. The van der Waals surface area contributed by atoms with Crippen LogP contribution < -0.4 is 5.32 Å². The summed E-state index contributed by atoms with van der Waals surface area (Å²) in [6.45, 7) is 6.30. The number of ether oxygens (including phenoxy) is 2. The molecule has 0 radical (unpaired) electrons. The van der Waals surface area contributed by atoms with Crippen molar-refractivity contribution in [3.05, 3.63) is 82.0 Å². The predicted octanol–water partition coefficient (Wildman–Crippen LogP) is 5.23. The fraction of sp³-hybridized carbons (Fsp3) is 0.367. The van der Waals surface area contributed by atoms with E-state index in [9.17, 15) is 14.4 Å². The van der Waals surface area contributed by atoms with Gasteiger partial charge >= 0.3 is 12.2 Å². The second-order valence-electron chi connectivity index (χ2n) is 10.7. The molecule has 1 N–H and O–H groups in total. The first-order valence-corrected chi connectivity index (χ1v) is 14.0. The van der Waals surface area contributed by atoms with Crippen LogP contribution in [0, 0.1) is 0 Å². The number of piperazine rings is 1. The monoisotopic (exact) mass is 547 g/mol. The second kappa shape index (κ2) is 11.1. The van der Waals surface area contributed by atoms with Gasteiger partial charge in [0, 0.05) is 23.9 Å². The maximum Gasteiger partial charge on any atom is 0.411 e. The minimum absolute atomic E-state index is 0.0200. The van der Waals surface area contributed by atoms with Crippen LogP contribution in [0.1, 0.15) is 42.7 Å². The Labute approximate surface area is 232 Å². The average Bonchev–Trinajstić information content (AvgIpc) is 3.55. The van der Waals surface area contributed by atoms with Crippen molar-refractivity contribution in [2.75, 3.05) is 26.2 Å². The minimum atomic E-state index is -0.894. The number of amides is 3. The van der Waals surface area contributed by atoms with Crippen molar-refractivity contribution in [2.24, 2.45) is 0 Å². The van der Waals surface area contributed by atoms with Gasteiger partial charge in [0.2, 0.25) is 5.91 Å². The number of hydrogen-bond acceptors (Lipinski definition) is 6. The maximum atomic E-state index is 13.2. The second-order valence-corrected chi connectivity index (χ2v) is 11.8. The Bertz CT molecular complexity index is 1310. The molecular formula is C30H33N3O5S. The minimum Gasteiger partial charge on any atom is -0.448 e. The summed E-state index contributed by atoms with van der Waals surface area (Å²) in [6.07, 6.45) is -1.08. The Kier molecular flexibility index (Phi) is 7.61. The first-order chi connectivity index (χ1) is 18.7. The van der Waals surface area contributed by atoms with Crippen LogP contribution in [0.3, 0.4) is 0 Å². The molecule has 5 rings (SSSR count). The SMILES string of the molecule is CC(C)(C)OC(=O)N1CCN(C(=O)OCC2c3ccccc3-c3ccccc32)C[C@H]1C(=O)NCc1cccs1. The number of rotatable bonds is 5. The van der Waals surface area contributed by atoms with E-state index in [1.54, 1.807) is 20.8 Å². The molecule has 8 nitrogen and oxygen atoms in total. The van der Waals surface area contributed by atoms with Gasteiger partial charge in [0.1, 0.15) is 18.2 Å². The van der Waals surface area contributed by atoms with E-state index in [1.165, 1.54) is 21.1 Å². The van der Waals surface area contributed by atoms with Gasteiger partial charge in [0.25, 0.3) is 0 Å². The predicted molar refractivity (Wildman–Crippen MR) is 150 cm³/mol. The zero-order chi connectivity index (χ0) is 27.6. The quantitative estimate of drug-likeness (QED) is 0.472. The molecular weight excluding hydrogens is 514 g/mol. The van der Waals surface area contributed by atoms with Gasteiger partial charge in [-0.15, -0.1) is 11.3 Å². The van der Waals surface area contributed by atoms with Crippen molar-refractivity contribution < 1.29 is 23.9 Å². The van der Waals surface area contributed by atoms with Gasteiger partial charge in [-0.1, -0.05) is 54.6 Å². The average molecular weight is 548 g/mol. The molecule has 3 amide bonds. The largest absolute Gasteiger partial charge is 0.448 e. The van der Waals surface area contributed by atoms with E-state index >= 15 is 0 Å². The summed E-state index contributed by atoms with van der Waals surface area (Å²) in [5.74, 6) is -0.403. The molecule has 1 saturated heterocycles. The van der Waals surface area contributed by atoms with Crippen molar-refractivity contribution >= 4 is 29.4 Å². The van der Waals surface area contributed by atoms with E-state index in [0.717, 1.165) is 27.1 Å². The molecule has 3 aromatic rings. The lowest BCUT2D eigenvalue weighted by Gasteiger charge is -2.40. The molecule has 1 aromatic heterocycles. The summed E-state index contributed by atoms with van der Waals surface area (Å²) in [7, 11) is 0. The van der Waals surface area contributed by atoms with Gasteiger partial charge in [-0.3, -0.25) is 9.69 Å². The molecule has 2 heterocycles. The van der Waals surface area contributed by atoms with Crippen molar-refractivity contribution in [3.63, 3.8) is 0 Å². The molecule has 0 bridgehead atoms. The van der Waals surface area contributed by atoms with Crippen LogP contribution in [0.2, 0.25) is 0 Å². The third-order valence-corrected chi connectivity index (χ3v) is 7.80. The van der Waals surface area contributed by atoms with E-state index < -0.39 is 23.8 Å². The lowest BCUT2D eigenvalue weighted by atomic mass is 9.98. The molecule has 1 aliphatic heterocycles. The van der Waals surface area contributed by atoms with Crippen LogP contribution in [0.5, 0.6) is 0 Å². The van der Waals surface area contributed by atoms with Crippen LogP contribution in [0.15, 0.2) is 66.0 Å². The van der Waals surface area contributed by atoms with Crippen molar-refractivity contribution in [1.82, 2.24) is 15.1 Å². The van der Waals surface area contributed by atoms with Crippen molar-refractivity contribution in [1.29, 1.82) is 0 Å². The number of thiophene rings is 1. The Balaban J connectivity index is 1.27. The lowest BCUT2D eigenvalue weighted by molar-refractivity contribution is -0.128. The highest BCUT2D eigenvalue weighted by atomic mass is 32.1. The van der Waals surface area contributed by atoms with E-state index in [1.807, 2.05) is 41.8 Å². The molecule has 0 saturated carbocycles. The molecule has 2 aliphatic rings. The van der Waals surface area contributed by atoms with Gasteiger partial charge in [-0.2, -0.15) is 0 Å². The van der Waals surface area contributed by atoms with Gasteiger partial charge in [-0.25, -0.2) is 9.59 Å².